The third-order valence-electron chi connectivity index (χ3n) is 5.91. The zero-order valence-corrected chi connectivity index (χ0v) is 18.8. The van der Waals surface area contributed by atoms with Crippen LogP contribution in [-0.2, 0) is 0 Å². The standard InChI is InChI=1S/C21H19Cl2N7O3/c22-15-14(26-16(23)17(24)27-15)18(31)28-20-25-10-21(29-20)4-6-30(7-5-21)19(32)12-1-2-13-11(9-12)3-8-33-13/h1-3,8-9H,4-7,10H2,(H2,24,27)(H2,25,28,29,31). The fraction of sp³-hybridized carbons (Fsp3) is 0.286. The van der Waals surface area contributed by atoms with Crippen molar-refractivity contribution in [2.24, 2.45) is 4.99 Å². The van der Waals surface area contributed by atoms with E-state index >= 15 is 0 Å². The predicted molar refractivity (Wildman–Crippen MR) is 123 cm³/mol. The largest absolute Gasteiger partial charge is 0.464 e. The van der Waals surface area contributed by atoms with Crippen molar-refractivity contribution in [2.75, 3.05) is 25.4 Å². The number of piperidine rings is 1. The molecule has 0 saturated carbocycles. The topological polar surface area (TPSA) is 139 Å². The Balaban J connectivity index is 1.19. The number of amides is 2. The van der Waals surface area contributed by atoms with Crippen molar-refractivity contribution in [1.29, 1.82) is 0 Å². The van der Waals surface area contributed by atoms with Gasteiger partial charge in [-0.1, -0.05) is 23.2 Å². The third kappa shape index (κ3) is 4.07. The van der Waals surface area contributed by atoms with Crippen LogP contribution >= 0.6 is 23.2 Å². The van der Waals surface area contributed by atoms with Crippen molar-refractivity contribution in [3.63, 3.8) is 0 Å². The van der Waals surface area contributed by atoms with Crippen LogP contribution in [0.5, 0.6) is 0 Å². The molecule has 0 radical (unpaired) electrons. The number of nitrogens with zero attached hydrogens (tertiary/aromatic N) is 4. The first-order chi connectivity index (χ1) is 15.8. The molecule has 0 bridgehead atoms. The molecule has 4 N–H and O–H groups in total. The second-order valence-corrected chi connectivity index (χ2v) is 8.74. The number of hydrogen-bond acceptors (Lipinski definition) is 8. The van der Waals surface area contributed by atoms with Crippen molar-refractivity contribution in [3.8, 4) is 0 Å². The van der Waals surface area contributed by atoms with Crippen molar-refractivity contribution >= 4 is 57.8 Å². The lowest BCUT2D eigenvalue weighted by Gasteiger charge is -2.39. The van der Waals surface area contributed by atoms with Crippen LogP contribution < -0.4 is 16.4 Å². The number of rotatable bonds is 2. The Morgan fingerprint density at radius 2 is 1.94 bits per heavy atom. The van der Waals surface area contributed by atoms with Crippen LogP contribution in [0.2, 0.25) is 10.3 Å². The van der Waals surface area contributed by atoms with Crippen LogP contribution in [0.4, 0.5) is 5.82 Å². The quantitative estimate of drug-likeness (QED) is 0.504. The first kappa shape index (κ1) is 21.5. The summed E-state index contributed by atoms with van der Waals surface area (Å²) in [5.41, 5.74) is 6.45. The van der Waals surface area contributed by atoms with E-state index in [4.69, 9.17) is 33.4 Å². The Hall–Kier alpha value is -3.37. The van der Waals surface area contributed by atoms with Gasteiger partial charge in [-0.05, 0) is 37.1 Å². The number of anilines is 1. The number of carbonyl (C=O) groups excluding carboxylic acids is 2. The summed E-state index contributed by atoms with van der Waals surface area (Å²) < 4.78 is 5.34. The molecule has 1 spiro atoms. The van der Waals surface area contributed by atoms with Crippen LogP contribution in [0.3, 0.4) is 0 Å². The van der Waals surface area contributed by atoms with E-state index in [-0.39, 0.29) is 33.3 Å². The van der Waals surface area contributed by atoms with Gasteiger partial charge in [-0.3, -0.25) is 19.9 Å². The van der Waals surface area contributed by atoms with Gasteiger partial charge >= 0.3 is 0 Å². The summed E-state index contributed by atoms with van der Waals surface area (Å²) in [4.78, 5) is 39.5. The lowest BCUT2D eigenvalue weighted by molar-refractivity contribution is 0.0668. The maximum atomic E-state index is 13.0. The average Bonchev–Trinajstić information content (AvgIpc) is 3.43. The minimum atomic E-state index is -0.597. The first-order valence-corrected chi connectivity index (χ1v) is 11.0. The fourth-order valence-electron chi connectivity index (χ4n) is 4.05. The molecule has 4 heterocycles. The highest BCUT2D eigenvalue weighted by Gasteiger charge is 2.40. The lowest BCUT2D eigenvalue weighted by atomic mass is 9.88. The molecular weight excluding hydrogens is 469 g/mol. The second kappa shape index (κ2) is 8.20. The van der Waals surface area contributed by atoms with Crippen molar-refractivity contribution in [3.05, 3.63) is 52.1 Å². The number of nitrogens with one attached hydrogen (secondary N) is 2. The molecule has 0 aliphatic carbocycles. The SMILES string of the molecule is Nc1nc(Cl)c(C(=O)NC2=NCC3(CCN(C(=O)c4ccc5occc5c4)CC3)N2)nc1Cl. The number of aliphatic imine (C=N–C) groups is 1. The normalized spacial score (nSPS) is 17.2. The Kier molecular flexibility index (Phi) is 5.34. The first-order valence-electron chi connectivity index (χ1n) is 10.2. The number of hydrogen-bond donors (Lipinski definition) is 3. The summed E-state index contributed by atoms with van der Waals surface area (Å²) in [7, 11) is 0. The van der Waals surface area contributed by atoms with Gasteiger partial charge in [-0.15, -0.1) is 0 Å². The van der Waals surface area contributed by atoms with Crippen molar-refractivity contribution in [2.45, 2.75) is 18.4 Å². The summed E-state index contributed by atoms with van der Waals surface area (Å²) in [5.74, 6) is -0.357. The molecule has 12 heteroatoms. The van der Waals surface area contributed by atoms with Gasteiger partial charge in [0.2, 0.25) is 0 Å². The van der Waals surface area contributed by atoms with Crippen LogP contribution in [0.25, 0.3) is 11.0 Å². The third-order valence-corrected chi connectivity index (χ3v) is 6.45. The molecule has 5 rings (SSSR count). The molecule has 2 aliphatic rings. The van der Waals surface area contributed by atoms with E-state index in [1.165, 1.54) is 0 Å². The van der Waals surface area contributed by atoms with Gasteiger partial charge in [-0.25, -0.2) is 9.97 Å². The molecule has 10 nitrogen and oxygen atoms in total. The molecule has 1 aromatic carbocycles. The number of benzene rings is 1. The molecule has 2 amide bonds. The number of nitrogen functional groups attached to an aromatic ring is 1. The average molecular weight is 488 g/mol. The van der Waals surface area contributed by atoms with E-state index in [2.05, 4.69) is 25.6 Å². The van der Waals surface area contributed by atoms with Crippen molar-refractivity contribution < 1.29 is 14.0 Å². The Labute approximate surface area is 198 Å². The summed E-state index contributed by atoms with van der Waals surface area (Å²) >= 11 is 11.8. The number of aromatic nitrogens is 2. The molecule has 0 unspecified atom stereocenters. The van der Waals surface area contributed by atoms with E-state index < -0.39 is 5.91 Å². The molecule has 170 valence electrons. The molecule has 1 fully saturated rings. The second-order valence-electron chi connectivity index (χ2n) is 8.03. The maximum absolute atomic E-state index is 13.0. The number of halogens is 2. The van der Waals surface area contributed by atoms with Gasteiger partial charge in [-0.2, -0.15) is 0 Å². The molecule has 0 atom stereocenters. The Morgan fingerprint density at radius 3 is 2.73 bits per heavy atom. The highest BCUT2D eigenvalue weighted by Crippen LogP contribution is 2.27. The number of likely N-dealkylation sites (tertiary alicyclic amines) is 1. The van der Waals surface area contributed by atoms with E-state index in [0.29, 0.717) is 44.0 Å². The highest BCUT2D eigenvalue weighted by atomic mass is 35.5. The number of carbonyl (C=O) groups is 2. The monoisotopic (exact) mass is 487 g/mol. The van der Waals surface area contributed by atoms with Crippen LogP contribution in [0, 0.1) is 0 Å². The minimum Gasteiger partial charge on any atom is -0.464 e. The van der Waals surface area contributed by atoms with Gasteiger partial charge in [0.1, 0.15) is 5.58 Å². The lowest BCUT2D eigenvalue weighted by Crippen LogP contribution is -2.56. The molecular formula is C21H19Cl2N7O3. The van der Waals surface area contributed by atoms with E-state index in [1.807, 2.05) is 17.0 Å². The van der Waals surface area contributed by atoms with Crippen LogP contribution in [-0.4, -0.2) is 57.8 Å². The zero-order chi connectivity index (χ0) is 23.2. The molecule has 3 aromatic rings. The Morgan fingerprint density at radius 1 is 1.15 bits per heavy atom. The van der Waals surface area contributed by atoms with E-state index in [9.17, 15) is 9.59 Å². The molecule has 1 saturated heterocycles. The summed E-state index contributed by atoms with van der Waals surface area (Å²) in [6.07, 6.45) is 2.97. The van der Waals surface area contributed by atoms with E-state index in [1.54, 1.807) is 18.4 Å². The summed E-state index contributed by atoms with van der Waals surface area (Å²) in [6, 6.07) is 7.26. The molecule has 2 aromatic heterocycles. The number of guanidine groups is 1. The zero-order valence-electron chi connectivity index (χ0n) is 17.3. The summed E-state index contributed by atoms with van der Waals surface area (Å²) in [6.45, 7) is 1.61. The molecule has 33 heavy (non-hydrogen) atoms. The molecule has 2 aliphatic heterocycles. The number of furan rings is 1. The maximum Gasteiger partial charge on any atom is 0.279 e. The van der Waals surface area contributed by atoms with Gasteiger partial charge in [0.05, 0.1) is 18.3 Å². The van der Waals surface area contributed by atoms with Gasteiger partial charge in [0, 0.05) is 24.0 Å². The fourth-order valence-corrected chi connectivity index (χ4v) is 4.40. The summed E-state index contributed by atoms with van der Waals surface area (Å²) in [5, 5.41) is 6.58. The minimum absolute atomic E-state index is 0.0196. The smallest absolute Gasteiger partial charge is 0.279 e. The number of nitrogens with two attached hydrogens (primary N) is 1. The van der Waals surface area contributed by atoms with Gasteiger partial charge < -0.3 is 20.4 Å². The highest BCUT2D eigenvalue weighted by molar-refractivity contribution is 6.35. The Bertz CT molecular complexity index is 1300. The van der Waals surface area contributed by atoms with Gasteiger partial charge in [0.25, 0.3) is 11.8 Å². The number of fused-ring (bicyclic) bond motifs is 1. The van der Waals surface area contributed by atoms with E-state index in [0.717, 1.165) is 11.0 Å². The van der Waals surface area contributed by atoms with Crippen molar-refractivity contribution in [1.82, 2.24) is 25.5 Å². The van der Waals surface area contributed by atoms with Gasteiger partial charge in [0.15, 0.2) is 27.8 Å². The van der Waals surface area contributed by atoms with Crippen LogP contribution in [0.15, 0.2) is 39.9 Å². The predicted octanol–water partition coefficient (Wildman–Crippen LogP) is 2.48. The van der Waals surface area contributed by atoms with Crippen LogP contribution in [0.1, 0.15) is 33.7 Å².